The van der Waals surface area contributed by atoms with E-state index in [0.717, 1.165) is 28.2 Å². The predicted molar refractivity (Wildman–Crippen MR) is 108 cm³/mol. The van der Waals surface area contributed by atoms with E-state index in [1.165, 1.54) is 0 Å². The number of thioether (sulfide) groups is 1. The lowest BCUT2D eigenvalue weighted by Crippen LogP contribution is -2.06. The first kappa shape index (κ1) is 19.9. The summed E-state index contributed by atoms with van der Waals surface area (Å²) in [5.41, 5.74) is 0. The number of ether oxygens (including phenoxy) is 4. The van der Waals surface area contributed by atoms with Crippen LogP contribution in [-0.4, -0.2) is 41.3 Å². The van der Waals surface area contributed by atoms with Crippen LogP contribution in [0.5, 0.6) is 23.0 Å². The largest absolute Gasteiger partial charge is 0.493 e. The molecule has 0 aliphatic heterocycles. The van der Waals surface area contributed by atoms with E-state index in [9.17, 15) is 0 Å². The van der Waals surface area contributed by atoms with Crippen molar-refractivity contribution in [3.63, 3.8) is 0 Å². The van der Waals surface area contributed by atoms with Crippen molar-refractivity contribution in [2.24, 2.45) is 7.05 Å². The molecule has 3 rings (SSSR count). The number of hydrogen-bond donors (Lipinski definition) is 0. The van der Waals surface area contributed by atoms with Crippen LogP contribution in [0.3, 0.4) is 0 Å². The molecule has 0 unspecified atom stereocenters. The summed E-state index contributed by atoms with van der Waals surface area (Å²) in [6.07, 6.45) is 0. The number of benzene rings is 2. The highest BCUT2D eigenvalue weighted by Crippen LogP contribution is 2.27. The summed E-state index contributed by atoms with van der Waals surface area (Å²) in [6, 6.07) is 15.1. The first-order valence-electron chi connectivity index (χ1n) is 8.75. The zero-order valence-corrected chi connectivity index (χ0v) is 16.9. The second-order valence-electron chi connectivity index (χ2n) is 5.75. The first-order valence-corrected chi connectivity index (χ1v) is 9.74. The second kappa shape index (κ2) is 9.89. The van der Waals surface area contributed by atoms with Gasteiger partial charge in [0, 0.05) is 12.8 Å². The maximum absolute atomic E-state index is 5.82. The molecule has 7 nitrogen and oxygen atoms in total. The van der Waals surface area contributed by atoms with Crippen LogP contribution >= 0.6 is 11.8 Å². The average Bonchev–Trinajstić information content (AvgIpc) is 3.09. The Labute approximate surface area is 168 Å². The third kappa shape index (κ3) is 4.89. The van der Waals surface area contributed by atoms with Crippen molar-refractivity contribution in [1.82, 2.24) is 14.8 Å². The Morgan fingerprint density at radius 2 is 1.39 bits per heavy atom. The van der Waals surface area contributed by atoms with Crippen LogP contribution in [0.2, 0.25) is 0 Å². The Hall–Kier alpha value is -2.87. The zero-order chi connectivity index (χ0) is 19.8. The molecular weight excluding hydrogens is 378 g/mol. The molecule has 0 amide bonds. The van der Waals surface area contributed by atoms with Crippen LogP contribution < -0.4 is 18.9 Å². The Morgan fingerprint density at radius 1 is 0.821 bits per heavy atom. The fourth-order valence-electron chi connectivity index (χ4n) is 2.50. The molecule has 0 radical (unpaired) electrons. The van der Waals surface area contributed by atoms with Gasteiger partial charge in [0.25, 0.3) is 0 Å². The number of hydrogen-bond acceptors (Lipinski definition) is 7. The molecule has 0 N–H and O–H groups in total. The molecule has 148 valence electrons. The van der Waals surface area contributed by atoms with Gasteiger partial charge in [-0.1, -0.05) is 36.0 Å². The highest BCUT2D eigenvalue weighted by Gasteiger charge is 2.11. The zero-order valence-electron chi connectivity index (χ0n) is 16.1. The van der Waals surface area contributed by atoms with Gasteiger partial charge in [0.1, 0.15) is 6.61 Å². The van der Waals surface area contributed by atoms with Crippen molar-refractivity contribution < 1.29 is 18.9 Å². The Balaban J connectivity index is 1.50. The number of para-hydroxylation sites is 4. The molecule has 0 spiro atoms. The molecule has 0 aliphatic carbocycles. The van der Waals surface area contributed by atoms with E-state index in [1.54, 1.807) is 26.0 Å². The normalized spacial score (nSPS) is 10.5. The average molecular weight is 401 g/mol. The topological polar surface area (TPSA) is 67.6 Å². The predicted octanol–water partition coefficient (Wildman–Crippen LogP) is 3.58. The van der Waals surface area contributed by atoms with E-state index < -0.39 is 0 Å². The summed E-state index contributed by atoms with van der Waals surface area (Å²) >= 11 is 1.57. The van der Waals surface area contributed by atoms with Gasteiger partial charge in [-0.05, 0) is 24.3 Å². The highest BCUT2D eigenvalue weighted by atomic mass is 32.2. The Bertz CT molecular complexity index is 901. The lowest BCUT2D eigenvalue weighted by Gasteiger charge is -2.10. The van der Waals surface area contributed by atoms with E-state index in [2.05, 4.69) is 10.2 Å². The summed E-state index contributed by atoms with van der Waals surface area (Å²) < 4.78 is 24.1. The molecule has 0 aliphatic rings. The van der Waals surface area contributed by atoms with Gasteiger partial charge in [-0.3, -0.25) is 0 Å². The quantitative estimate of drug-likeness (QED) is 0.380. The van der Waals surface area contributed by atoms with Gasteiger partial charge in [-0.2, -0.15) is 0 Å². The molecule has 2 aromatic carbocycles. The van der Waals surface area contributed by atoms with E-state index in [4.69, 9.17) is 18.9 Å². The molecule has 0 atom stereocenters. The van der Waals surface area contributed by atoms with Crippen molar-refractivity contribution in [1.29, 1.82) is 0 Å². The Morgan fingerprint density at radius 3 is 2.00 bits per heavy atom. The lowest BCUT2D eigenvalue weighted by molar-refractivity contribution is 0.272. The molecule has 8 heteroatoms. The molecule has 1 aromatic heterocycles. The maximum Gasteiger partial charge on any atom is 0.191 e. The SMILES string of the molecule is COc1ccccc1OCCSc1nnc(COc2ccccc2OC)n1C. The number of nitrogens with zero attached hydrogens (tertiary/aromatic N) is 3. The van der Waals surface area contributed by atoms with Crippen LogP contribution in [0.15, 0.2) is 53.7 Å². The third-order valence-electron chi connectivity index (χ3n) is 3.99. The summed E-state index contributed by atoms with van der Waals surface area (Å²) in [5.74, 6) is 4.29. The number of methoxy groups -OCH3 is 2. The van der Waals surface area contributed by atoms with Crippen molar-refractivity contribution in [3.05, 3.63) is 54.4 Å². The summed E-state index contributed by atoms with van der Waals surface area (Å²) in [5, 5.41) is 9.26. The molecular formula is C20H23N3O4S. The van der Waals surface area contributed by atoms with Gasteiger partial charge in [0.15, 0.2) is 34.0 Å². The monoisotopic (exact) mass is 401 g/mol. The highest BCUT2D eigenvalue weighted by molar-refractivity contribution is 7.99. The maximum atomic E-state index is 5.82. The Kier molecular flexibility index (Phi) is 7.02. The molecule has 1 heterocycles. The lowest BCUT2D eigenvalue weighted by atomic mass is 10.3. The van der Waals surface area contributed by atoms with Gasteiger partial charge in [-0.15, -0.1) is 10.2 Å². The van der Waals surface area contributed by atoms with Crippen molar-refractivity contribution in [2.45, 2.75) is 11.8 Å². The van der Waals surface area contributed by atoms with Crippen LogP contribution in [0.25, 0.3) is 0 Å². The minimum absolute atomic E-state index is 0.308. The first-order chi connectivity index (χ1) is 13.7. The van der Waals surface area contributed by atoms with E-state index in [0.29, 0.717) is 24.7 Å². The van der Waals surface area contributed by atoms with Crippen LogP contribution in [0.1, 0.15) is 5.82 Å². The summed E-state index contributed by atoms with van der Waals surface area (Å²) in [4.78, 5) is 0. The smallest absolute Gasteiger partial charge is 0.191 e. The van der Waals surface area contributed by atoms with E-state index >= 15 is 0 Å². The third-order valence-corrected chi connectivity index (χ3v) is 4.98. The van der Waals surface area contributed by atoms with Crippen LogP contribution in [0, 0.1) is 0 Å². The standard InChI is InChI=1S/C20H23N3O4S/c1-23-19(14-27-18-11-7-5-9-16(18)25-3)21-22-20(23)28-13-12-26-17-10-6-4-8-15(17)24-2/h4-11H,12-14H2,1-3H3. The fourth-order valence-corrected chi connectivity index (χ4v) is 3.25. The van der Waals surface area contributed by atoms with Gasteiger partial charge in [0.05, 0.1) is 20.8 Å². The molecule has 0 fully saturated rings. The molecule has 28 heavy (non-hydrogen) atoms. The molecule has 0 saturated heterocycles. The van der Waals surface area contributed by atoms with Gasteiger partial charge in [-0.25, -0.2) is 0 Å². The van der Waals surface area contributed by atoms with Crippen molar-refractivity contribution in [2.75, 3.05) is 26.6 Å². The van der Waals surface area contributed by atoms with E-state index in [1.807, 2.05) is 60.1 Å². The molecule has 3 aromatic rings. The van der Waals surface area contributed by atoms with Crippen LogP contribution in [0.4, 0.5) is 0 Å². The van der Waals surface area contributed by atoms with Gasteiger partial charge in [0.2, 0.25) is 0 Å². The molecule has 0 bridgehead atoms. The van der Waals surface area contributed by atoms with Crippen LogP contribution in [-0.2, 0) is 13.7 Å². The minimum Gasteiger partial charge on any atom is -0.493 e. The number of rotatable bonds is 10. The van der Waals surface area contributed by atoms with Gasteiger partial charge >= 0.3 is 0 Å². The fraction of sp³-hybridized carbons (Fsp3) is 0.300. The minimum atomic E-state index is 0.308. The van der Waals surface area contributed by atoms with E-state index in [-0.39, 0.29) is 0 Å². The van der Waals surface area contributed by atoms with Crippen molar-refractivity contribution >= 4 is 11.8 Å². The number of aromatic nitrogens is 3. The van der Waals surface area contributed by atoms with Gasteiger partial charge < -0.3 is 23.5 Å². The second-order valence-corrected chi connectivity index (χ2v) is 6.81. The summed E-state index contributed by atoms with van der Waals surface area (Å²) in [6.45, 7) is 0.840. The molecule has 0 saturated carbocycles. The van der Waals surface area contributed by atoms with Crippen molar-refractivity contribution in [3.8, 4) is 23.0 Å². The summed E-state index contributed by atoms with van der Waals surface area (Å²) in [7, 11) is 5.17.